The first kappa shape index (κ1) is 39.4. The predicted octanol–water partition coefficient (Wildman–Crippen LogP) is 5.94. The number of nitrogens with two attached hydrogens (primary N) is 1. The molecule has 4 N–H and O–H groups in total. The molecule has 0 saturated carbocycles. The lowest BCUT2D eigenvalue weighted by atomic mass is 9.81. The van der Waals surface area contributed by atoms with Gasteiger partial charge in [-0.05, 0) is 56.5 Å². The highest BCUT2D eigenvalue weighted by atomic mass is 32.2. The highest BCUT2D eigenvalue weighted by Gasteiger charge is 2.42. The quantitative estimate of drug-likeness (QED) is 0.0749. The van der Waals surface area contributed by atoms with Gasteiger partial charge in [0.05, 0.1) is 39.0 Å². The van der Waals surface area contributed by atoms with Crippen LogP contribution >= 0.6 is 0 Å². The molecule has 2 aliphatic rings. The van der Waals surface area contributed by atoms with Crippen molar-refractivity contribution in [3.63, 3.8) is 0 Å². The van der Waals surface area contributed by atoms with E-state index in [9.17, 15) is 28.1 Å². The Balaban J connectivity index is 0.000000438. The van der Waals surface area contributed by atoms with Crippen molar-refractivity contribution in [1.82, 2.24) is 10.2 Å². The first-order valence-electron chi connectivity index (χ1n) is 17.2. The van der Waals surface area contributed by atoms with Crippen molar-refractivity contribution in [1.29, 1.82) is 0 Å². The van der Waals surface area contributed by atoms with Crippen LogP contribution in [0.4, 0.5) is 5.69 Å². The van der Waals surface area contributed by atoms with Gasteiger partial charge in [0.25, 0.3) is 15.8 Å². The van der Waals surface area contributed by atoms with Gasteiger partial charge in [0.2, 0.25) is 0 Å². The Kier molecular flexibility index (Phi) is 12.3. The number of carbonyl (C=O) groups is 2. The van der Waals surface area contributed by atoms with Crippen LogP contribution in [0.1, 0.15) is 55.0 Å². The van der Waals surface area contributed by atoms with Crippen LogP contribution in [0.15, 0.2) is 137 Å². The van der Waals surface area contributed by atoms with E-state index in [0.29, 0.717) is 24.4 Å². The second-order valence-electron chi connectivity index (χ2n) is 13.2. The molecule has 1 fully saturated rings. The summed E-state index contributed by atoms with van der Waals surface area (Å²) in [6, 6.07) is 32.0. The first-order chi connectivity index (χ1) is 25.6. The smallest absolute Gasteiger partial charge is 0.339 e. The van der Waals surface area contributed by atoms with Crippen LogP contribution in [0.3, 0.4) is 0 Å². The summed E-state index contributed by atoms with van der Waals surface area (Å²) in [6.45, 7) is 7.89. The topological polar surface area (TPSA) is 191 Å². The molecule has 0 amide bonds. The van der Waals surface area contributed by atoms with Gasteiger partial charge in [0.15, 0.2) is 0 Å². The van der Waals surface area contributed by atoms with Crippen LogP contribution in [0.5, 0.6) is 0 Å². The summed E-state index contributed by atoms with van der Waals surface area (Å²) in [7, 11) is -4.02. The van der Waals surface area contributed by atoms with Gasteiger partial charge in [-0.3, -0.25) is 19.6 Å². The molecular formula is C40H42N4O9S. The molecule has 0 aliphatic carbocycles. The number of carbonyl (C=O) groups excluding carboxylic acids is 2. The van der Waals surface area contributed by atoms with Crippen LogP contribution in [0, 0.1) is 17.0 Å². The van der Waals surface area contributed by atoms with Gasteiger partial charge in [-0.1, -0.05) is 90.5 Å². The number of benzene rings is 4. The minimum absolute atomic E-state index is 0.00271. The Bertz CT molecular complexity index is 2130. The van der Waals surface area contributed by atoms with E-state index in [0.717, 1.165) is 16.7 Å². The van der Waals surface area contributed by atoms with E-state index >= 15 is 0 Å². The molecule has 1 unspecified atom stereocenters. The number of hydrogen-bond donors (Lipinski definition) is 3. The van der Waals surface area contributed by atoms with Crippen LogP contribution in [-0.2, 0) is 29.2 Å². The Hall–Kier alpha value is -5.83. The van der Waals surface area contributed by atoms with Crippen molar-refractivity contribution in [3.8, 4) is 0 Å². The third-order valence-corrected chi connectivity index (χ3v) is 9.72. The van der Waals surface area contributed by atoms with Gasteiger partial charge in [-0.2, -0.15) is 8.42 Å². The van der Waals surface area contributed by atoms with Crippen LogP contribution < -0.4 is 11.1 Å². The summed E-state index contributed by atoms with van der Waals surface area (Å²) in [5.41, 5.74) is 10.3. The van der Waals surface area contributed by atoms with Crippen molar-refractivity contribution in [3.05, 3.63) is 164 Å². The molecule has 6 rings (SSSR count). The van der Waals surface area contributed by atoms with Gasteiger partial charge in [-0.15, -0.1) is 0 Å². The average Bonchev–Trinajstić information content (AvgIpc) is 3.11. The fourth-order valence-corrected chi connectivity index (χ4v) is 6.83. The van der Waals surface area contributed by atoms with Crippen molar-refractivity contribution < 1.29 is 37.0 Å². The molecule has 54 heavy (non-hydrogen) atoms. The number of non-ortho nitro benzene ring substituents is 1. The number of nitro groups is 1. The Morgan fingerprint density at radius 2 is 1.44 bits per heavy atom. The molecule has 0 radical (unpaired) electrons. The van der Waals surface area contributed by atoms with Gasteiger partial charge in [-0.25, -0.2) is 9.59 Å². The van der Waals surface area contributed by atoms with Crippen LogP contribution in [0.2, 0.25) is 0 Å². The molecule has 1 saturated heterocycles. The minimum atomic E-state index is -4.02. The number of likely N-dealkylation sites (tertiary alicyclic amines) is 1. The number of nitrogens with one attached hydrogen (secondary N) is 1. The maximum absolute atomic E-state index is 13.8. The fourth-order valence-electron chi connectivity index (χ4n) is 6.35. The number of nitro benzene ring substituents is 1. The molecule has 14 heteroatoms. The Morgan fingerprint density at radius 1 is 0.870 bits per heavy atom. The van der Waals surface area contributed by atoms with E-state index in [1.165, 1.54) is 30.3 Å². The zero-order valence-electron chi connectivity index (χ0n) is 30.2. The summed E-state index contributed by atoms with van der Waals surface area (Å²) in [5, 5.41) is 14.5. The highest BCUT2D eigenvalue weighted by Crippen LogP contribution is 2.40. The molecule has 2 heterocycles. The Labute approximate surface area is 314 Å². The van der Waals surface area contributed by atoms with Gasteiger partial charge in [0, 0.05) is 30.9 Å². The second-order valence-corrected chi connectivity index (χ2v) is 14.6. The predicted molar refractivity (Wildman–Crippen MR) is 201 cm³/mol. The lowest BCUT2D eigenvalue weighted by molar-refractivity contribution is -0.384. The van der Waals surface area contributed by atoms with Gasteiger partial charge in [0.1, 0.15) is 11.9 Å². The standard InChI is InChI=1S/C33H34N4O6.C7H8O3S/c1-20(2)42-32(38)27-21(3)35-31(34)29(28(27)24-15-10-16-25(17-24)37(40)41)33(39)43-26-18-36(19-26)30(22-11-6-4-7-12-22)23-13-8-5-9-14-23;1-6-2-4-7(5-3-6)11(8,9)10/h4-17,20,26,28,30,35H,18-19,34H2,1-3H3;2-5H,1H3,(H,8,9,10). The number of dihydropyridines is 1. The second kappa shape index (κ2) is 16.9. The van der Waals surface area contributed by atoms with Gasteiger partial charge < -0.3 is 20.5 Å². The zero-order valence-corrected chi connectivity index (χ0v) is 31.0. The number of allylic oxidation sites excluding steroid dienone is 1. The molecule has 0 bridgehead atoms. The molecule has 0 spiro atoms. The minimum Gasteiger partial charge on any atom is -0.460 e. The monoisotopic (exact) mass is 754 g/mol. The van der Waals surface area contributed by atoms with E-state index in [1.807, 2.05) is 43.3 Å². The SMILES string of the molecule is CC1=C(C(=O)OC(C)C)C(c2cccc([N+](=O)[O-])c2)C(C(=O)OC2CN(C(c3ccccc3)c3ccccc3)C2)=C(N)N1.Cc1ccc(S(=O)(=O)O)cc1. The van der Waals surface area contributed by atoms with E-state index in [4.69, 9.17) is 19.8 Å². The van der Waals surface area contributed by atoms with E-state index in [1.54, 1.807) is 39.0 Å². The van der Waals surface area contributed by atoms with Crippen molar-refractivity contribution >= 4 is 27.7 Å². The highest BCUT2D eigenvalue weighted by molar-refractivity contribution is 7.85. The summed E-state index contributed by atoms with van der Waals surface area (Å²) >= 11 is 0. The number of ether oxygens (including phenoxy) is 2. The maximum Gasteiger partial charge on any atom is 0.339 e. The number of rotatable bonds is 10. The average molecular weight is 755 g/mol. The molecule has 282 valence electrons. The number of nitrogens with zero attached hydrogens (tertiary/aromatic N) is 2. The third kappa shape index (κ3) is 9.39. The lowest BCUT2D eigenvalue weighted by Crippen LogP contribution is -2.54. The number of aryl methyl sites for hydroxylation is 1. The Morgan fingerprint density at radius 3 is 1.96 bits per heavy atom. The fraction of sp³-hybridized carbons (Fsp3) is 0.250. The molecule has 4 aromatic carbocycles. The summed E-state index contributed by atoms with van der Waals surface area (Å²) in [6.07, 6.45) is -0.855. The molecule has 1 atom stereocenters. The zero-order chi connectivity index (χ0) is 39.2. The summed E-state index contributed by atoms with van der Waals surface area (Å²) in [4.78, 5) is 40.3. The lowest BCUT2D eigenvalue weighted by Gasteiger charge is -2.44. The van der Waals surface area contributed by atoms with Crippen molar-refractivity contribution in [2.24, 2.45) is 5.73 Å². The molecule has 4 aromatic rings. The van der Waals surface area contributed by atoms with Crippen molar-refractivity contribution in [2.75, 3.05) is 13.1 Å². The normalized spacial score (nSPS) is 16.2. The largest absolute Gasteiger partial charge is 0.460 e. The van der Waals surface area contributed by atoms with Gasteiger partial charge >= 0.3 is 11.9 Å². The van der Waals surface area contributed by atoms with Crippen LogP contribution in [0.25, 0.3) is 0 Å². The van der Waals surface area contributed by atoms with E-state index < -0.39 is 45.1 Å². The number of esters is 2. The first-order valence-corrected chi connectivity index (χ1v) is 18.6. The number of hydrogen-bond acceptors (Lipinski definition) is 11. The van der Waals surface area contributed by atoms with Crippen LogP contribution in [-0.4, -0.2) is 60.0 Å². The van der Waals surface area contributed by atoms with Crippen molar-refractivity contribution in [2.45, 2.75) is 56.8 Å². The molecule has 2 aliphatic heterocycles. The maximum atomic E-state index is 13.8. The van der Waals surface area contributed by atoms with E-state index in [2.05, 4.69) is 34.5 Å². The summed E-state index contributed by atoms with van der Waals surface area (Å²) < 4.78 is 41.0. The third-order valence-electron chi connectivity index (χ3n) is 8.86. The molecule has 13 nitrogen and oxygen atoms in total. The van der Waals surface area contributed by atoms with E-state index in [-0.39, 0.29) is 33.6 Å². The molecular weight excluding hydrogens is 713 g/mol. The summed E-state index contributed by atoms with van der Waals surface area (Å²) in [5.74, 6) is -2.37. The molecule has 0 aromatic heterocycles.